The van der Waals surface area contributed by atoms with Gasteiger partial charge in [-0.3, -0.25) is 4.79 Å². The highest BCUT2D eigenvalue weighted by Crippen LogP contribution is 2.22. The molecule has 0 aromatic heterocycles. The predicted molar refractivity (Wildman–Crippen MR) is 100 cm³/mol. The molecule has 0 bridgehead atoms. The smallest absolute Gasteiger partial charge is 0.225 e. The zero-order valence-corrected chi connectivity index (χ0v) is 16.3. The minimum Gasteiger partial charge on any atom is -0.381 e. The second-order valence-corrected chi connectivity index (χ2v) is 9.44. The lowest BCUT2D eigenvalue weighted by atomic mass is 9.98. The third kappa shape index (κ3) is 5.19. The number of sulfonamides is 1. The summed E-state index contributed by atoms with van der Waals surface area (Å²) in [7, 11) is -3.35. The Morgan fingerprint density at radius 3 is 2.69 bits per heavy atom. The van der Waals surface area contributed by atoms with Gasteiger partial charge in [-0.05, 0) is 42.9 Å². The fourth-order valence-corrected chi connectivity index (χ4v) is 5.21. The number of carbonyl (C=O) groups is 1. The largest absolute Gasteiger partial charge is 0.381 e. The van der Waals surface area contributed by atoms with Crippen LogP contribution in [0.3, 0.4) is 0 Å². The molecular formula is C18H25ClN2O4S. The molecule has 6 nitrogen and oxygen atoms in total. The van der Waals surface area contributed by atoms with Gasteiger partial charge >= 0.3 is 0 Å². The Balaban J connectivity index is 1.45. The maximum absolute atomic E-state index is 12.6. The summed E-state index contributed by atoms with van der Waals surface area (Å²) in [5, 5.41) is 3.53. The minimum atomic E-state index is -3.35. The van der Waals surface area contributed by atoms with E-state index in [-0.39, 0.29) is 17.6 Å². The molecule has 26 heavy (non-hydrogen) atoms. The summed E-state index contributed by atoms with van der Waals surface area (Å²) in [4.78, 5) is 12.0. The molecule has 0 saturated carbocycles. The van der Waals surface area contributed by atoms with Crippen LogP contribution in [0.5, 0.6) is 0 Å². The van der Waals surface area contributed by atoms with E-state index in [1.807, 2.05) is 0 Å². The number of rotatable bonds is 6. The lowest BCUT2D eigenvalue weighted by Crippen LogP contribution is -2.42. The zero-order chi connectivity index (χ0) is 18.6. The van der Waals surface area contributed by atoms with E-state index >= 15 is 0 Å². The molecule has 3 rings (SSSR count). The Morgan fingerprint density at radius 1 is 1.27 bits per heavy atom. The Hall–Kier alpha value is -1.15. The Bertz CT molecular complexity index is 726. The normalized spacial score (nSPS) is 22.4. The molecule has 2 aliphatic heterocycles. The number of piperidine rings is 1. The van der Waals surface area contributed by atoms with Gasteiger partial charge in [-0.25, -0.2) is 12.7 Å². The Morgan fingerprint density at radius 2 is 2.04 bits per heavy atom. The second-order valence-electron chi connectivity index (χ2n) is 7.03. The number of halogens is 1. The van der Waals surface area contributed by atoms with Crippen LogP contribution in [0.1, 0.15) is 24.8 Å². The monoisotopic (exact) mass is 400 g/mol. The zero-order valence-electron chi connectivity index (χ0n) is 14.7. The first-order valence-corrected chi connectivity index (χ1v) is 11.0. The van der Waals surface area contributed by atoms with Crippen LogP contribution in [-0.4, -0.2) is 51.5 Å². The van der Waals surface area contributed by atoms with Crippen molar-refractivity contribution in [2.75, 3.05) is 32.8 Å². The van der Waals surface area contributed by atoms with Crippen molar-refractivity contribution in [3.05, 3.63) is 34.9 Å². The van der Waals surface area contributed by atoms with Crippen molar-refractivity contribution in [1.29, 1.82) is 0 Å². The molecule has 2 saturated heterocycles. The van der Waals surface area contributed by atoms with Crippen molar-refractivity contribution < 1.29 is 17.9 Å². The lowest BCUT2D eigenvalue weighted by molar-refractivity contribution is -0.125. The van der Waals surface area contributed by atoms with Gasteiger partial charge in [0, 0.05) is 31.3 Å². The van der Waals surface area contributed by atoms with Crippen LogP contribution in [0.2, 0.25) is 5.02 Å². The quantitative estimate of drug-likeness (QED) is 0.792. The van der Waals surface area contributed by atoms with Crippen molar-refractivity contribution in [3.8, 4) is 0 Å². The molecule has 8 heteroatoms. The second kappa shape index (κ2) is 8.69. The molecular weight excluding hydrogens is 376 g/mol. The van der Waals surface area contributed by atoms with Gasteiger partial charge < -0.3 is 10.1 Å². The first-order valence-electron chi connectivity index (χ1n) is 9.02. The highest BCUT2D eigenvalue weighted by Gasteiger charge is 2.29. The number of nitrogens with zero attached hydrogens (tertiary/aromatic N) is 1. The van der Waals surface area contributed by atoms with Crippen molar-refractivity contribution >= 4 is 27.5 Å². The van der Waals surface area contributed by atoms with E-state index < -0.39 is 10.0 Å². The number of benzene rings is 1. The molecule has 2 aliphatic rings. The topological polar surface area (TPSA) is 75.7 Å². The van der Waals surface area contributed by atoms with Crippen LogP contribution in [-0.2, 0) is 25.3 Å². The molecule has 1 amide bonds. The molecule has 1 N–H and O–H groups in total. The molecule has 0 radical (unpaired) electrons. The SMILES string of the molecule is O=C(NCC1CCN(S(=O)(=O)Cc2cccc(Cl)c2)CC1)C1CCOC1. The minimum absolute atomic E-state index is 0.0311. The molecule has 1 atom stereocenters. The highest BCUT2D eigenvalue weighted by molar-refractivity contribution is 7.88. The van der Waals surface area contributed by atoms with Crippen LogP contribution in [0, 0.1) is 11.8 Å². The maximum atomic E-state index is 12.6. The van der Waals surface area contributed by atoms with E-state index in [4.69, 9.17) is 16.3 Å². The van der Waals surface area contributed by atoms with Crippen LogP contribution in [0.25, 0.3) is 0 Å². The third-order valence-corrected chi connectivity index (χ3v) is 7.16. The summed E-state index contributed by atoms with van der Waals surface area (Å²) in [6.07, 6.45) is 2.30. The van der Waals surface area contributed by atoms with Crippen molar-refractivity contribution in [2.24, 2.45) is 11.8 Å². The summed E-state index contributed by atoms with van der Waals surface area (Å²) in [5.41, 5.74) is 0.700. The summed E-state index contributed by atoms with van der Waals surface area (Å²) in [6, 6.07) is 6.96. The van der Waals surface area contributed by atoms with Crippen LogP contribution < -0.4 is 5.32 Å². The standard InChI is InChI=1S/C18H25ClN2O4S/c19-17-3-1-2-15(10-17)13-26(23,24)21-7-4-14(5-8-21)11-20-18(22)16-6-9-25-12-16/h1-3,10,14,16H,4-9,11-13H2,(H,20,22). The van der Waals surface area contributed by atoms with E-state index in [0.717, 1.165) is 19.3 Å². The van der Waals surface area contributed by atoms with Gasteiger partial charge in [0.05, 0.1) is 18.3 Å². The van der Waals surface area contributed by atoms with Gasteiger partial charge in [0.25, 0.3) is 0 Å². The van der Waals surface area contributed by atoms with Crippen LogP contribution >= 0.6 is 11.6 Å². The van der Waals surface area contributed by atoms with Crippen molar-refractivity contribution in [1.82, 2.24) is 9.62 Å². The molecule has 2 heterocycles. The lowest BCUT2D eigenvalue weighted by Gasteiger charge is -2.31. The Kier molecular flexibility index (Phi) is 6.55. The number of nitrogens with one attached hydrogen (secondary N) is 1. The van der Waals surface area contributed by atoms with Gasteiger partial charge in [-0.1, -0.05) is 23.7 Å². The first-order chi connectivity index (χ1) is 12.4. The van der Waals surface area contributed by atoms with Crippen LogP contribution in [0.15, 0.2) is 24.3 Å². The summed E-state index contributed by atoms with van der Waals surface area (Å²) in [6.45, 7) is 2.76. The molecule has 1 unspecified atom stereocenters. The molecule has 0 spiro atoms. The summed E-state index contributed by atoms with van der Waals surface area (Å²) in [5.74, 6) is 0.307. The number of carbonyl (C=O) groups excluding carboxylic acids is 1. The third-order valence-electron chi connectivity index (χ3n) is 5.07. The average molecular weight is 401 g/mol. The number of hydrogen-bond acceptors (Lipinski definition) is 4. The van der Waals surface area contributed by atoms with E-state index in [1.54, 1.807) is 28.6 Å². The number of ether oxygens (including phenoxy) is 1. The van der Waals surface area contributed by atoms with E-state index in [9.17, 15) is 13.2 Å². The van der Waals surface area contributed by atoms with Gasteiger partial charge in [0.15, 0.2) is 0 Å². The van der Waals surface area contributed by atoms with E-state index in [0.29, 0.717) is 49.4 Å². The fraction of sp³-hybridized carbons (Fsp3) is 0.611. The molecule has 1 aromatic rings. The predicted octanol–water partition coefficient (Wildman–Crippen LogP) is 2.03. The van der Waals surface area contributed by atoms with E-state index in [1.165, 1.54) is 0 Å². The van der Waals surface area contributed by atoms with Gasteiger partial charge in [0.1, 0.15) is 0 Å². The van der Waals surface area contributed by atoms with Gasteiger partial charge in [0.2, 0.25) is 15.9 Å². The fourth-order valence-electron chi connectivity index (χ4n) is 3.45. The Labute approximate surface area is 159 Å². The average Bonchev–Trinajstić information content (AvgIpc) is 3.14. The number of amides is 1. The van der Waals surface area contributed by atoms with Crippen molar-refractivity contribution in [2.45, 2.75) is 25.0 Å². The summed E-state index contributed by atoms with van der Waals surface area (Å²) < 4.78 is 32.0. The summed E-state index contributed by atoms with van der Waals surface area (Å²) >= 11 is 5.94. The van der Waals surface area contributed by atoms with Gasteiger partial charge in [-0.2, -0.15) is 0 Å². The molecule has 0 aliphatic carbocycles. The molecule has 144 valence electrons. The molecule has 2 fully saturated rings. The maximum Gasteiger partial charge on any atom is 0.225 e. The first kappa shape index (κ1) is 19.6. The molecule has 1 aromatic carbocycles. The highest BCUT2D eigenvalue weighted by atomic mass is 35.5. The van der Waals surface area contributed by atoms with E-state index in [2.05, 4.69) is 5.32 Å². The number of hydrogen-bond donors (Lipinski definition) is 1. The van der Waals surface area contributed by atoms with Crippen molar-refractivity contribution in [3.63, 3.8) is 0 Å². The van der Waals surface area contributed by atoms with Crippen LogP contribution in [0.4, 0.5) is 0 Å². The van der Waals surface area contributed by atoms with Gasteiger partial charge in [-0.15, -0.1) is 0 Å².